The maximum atomic E-state index is 10.4. The molecule has 0 aliphatic rings. The van der Waals surface area contributed by atoms with E-state index in [0.717, 1.165) is 6.92 Å². The summed E-state index contributed by atoms with van der Waals surface area (Å²) in [7, 11) is 0. The molecule has 12 heavy (non-hydrogen) atoms. The van der Waals surface area contributed by atoms with Crippen LogP contribution in [0.2, 0.25) is 0 Å². The van der Waals surface area contributed by atoms with Gasteiger partial charge in [-0.15, -0.1) is 0 Å². The van der Waals surface area contributed by atoms with E-state index in [2.05, 4.69) is 0 Å². The van der Waals surface area contributed by atoms with Crippen LogP contribution in [0.5, 0.6) is 0 Å². The number of carbonyl (C=O) groups is 2. The summed E-state index contributed by atoms with van der Waals surface area (Å²) in [6.45, 7) is 1.15. The largest absolute Gasteiger partial charge is 0.480 e. The third kappa shape index (κ3) is 2.85. The van der Waals surface area contributed by atoms with Gasteiger partial charge >= 0.3 is 5.97 Å². The van der Waals surface area contributed by atoms with Gasteiger partial charge in [-0.25, -0.2) is 0 Å². The van der Waals surface area contributed by atoms with Crippen molar-refractivity contribution >= 4 is 11.9 Å². The van der Waals surface area contributed by atoms with E-state index < -0.39 is 29.9 Å². The Balaban J connectivity index is 4.38. The van der Waals surface area contributed by atoms with Crippen molar-refractivity contribution in [3.8, 4) is 0 Å². The minimum Gasteiger partial charge on any atom is -0.480 e. The molecule has 1 unspecified atom stereocenters. The molecule has 0 aromatic rings. The van der Waals surface area contributed by atoms with Crippen LogP contribution in [0.4, 0.5) is 0 Å². The van der Waals surface area contributed by atoms with Crippen LogP contribution in [-0.2, 0) is 9.59 Å². The molecule has 2 atom stereocenters. The number of aliphatic hydroxyl groups is 1. The summed E-state index contributed by atoms with van der Waals surface area (Å²) < 4.78 is 0. The SMILES string of the molecule is CC(O)(CC(N)=O)[C@H](N)C(=O)O. The topological polar surface area (TPSA) is 127 Å². The lowest BCUT2D eigenvalue weighted by Crippen LogP contribution is -2.52. The molecule has 1 amide bonds. The summed E-state index contributed by atoms with van der Waals surface area (Å²) >= 11 is 0. The lowest BCUT2D eigenvalue weighted by atomic mass is 9.93. The Kier molecular flexibility index (Phi) is 3.17. The Morgan fingerprint density at radius 3 is 2.25 bits per heavy atom. The highest BCUT2D eigenvalue weighted by Gasteiger charge is 2.35. The molecule has 6 heteroatoms. The molecule has 0 bridgehead atoms. The fourth-order valence-corrected chi connectivity index (χ4v) is 0.729. The molecule has 70 valence electrons. The maximum Gasteiger partial charge on any atom is 0.323 e. The summed E-state index contributed by atoms with van der Waals surface area (Å²) in [6, 6.07) is -1.51. The minimum atomic E-state index is -1.79. The Morgan fingerprint density at radius 1 is 1.58 bits per heavy atom. The smallest absolute Gasteiger partial charge is 0.323 e. The summed E-state index contributed by atoms with van der Waals surface area (Å²) in [4.78, 5) is 20.6. The van der Waals surface area contributed by atoms with Gasteiger partial charge < -0.3 is 21.7 Å². The fraction of sp³-hybridized carbons (Fsp3) is 0.667. The number of carboxylic acids is 1. The molecule has 0 aliphatic carbocycles. The average Bonchev–Trinajstić information content (AvgIpc) is 1.82. The number of hydrogen-bond donors (Lipinski definition) is 4. The number of aliphatic carboxylic acids is 1. The molecule has 6 nitrogen and oxygen atoms in total. The van der Waals surface area contributed by atoms with E-state index in [9.17, 15) is 14.7 Å². The maximum absolute atomic E-state index is 10.4. The van der Waals surface area contributed by atoms with E-state index in [0.29, 0.717) is 0 Å². The molecule has 0 saturated heterocycles. The van der Waals surface area contributed by atoms with Crippen LogP contribution in [0.15, 0.2) is 0 Å². The monoisotopic (exact) mass is 176 g/mol. The average molecular weight is 176 g/mol. The number of hydrogen-bond acceptors (Lipinski definition) is 4. The van der Waals surface area contributed by atoms with Gasteiger partial charge in [-0.2, -0.15) is 0 Å². The zero-order valence-electron chi connectivity index (χ0n) is 6.65. The molecule has 0 spiro atoms. The second kappa shape index (κ2) is 3.51. The van der Waals surface area contributed by atoms with E-state index in [1.54, 1.807) is 0 Å². The van der Waals surface area contributed by atoms with E-state index in [4.69, 9.17) is 16.6 Å². The summed E-state index contributed by atoms with van der Waals surface area (Å²) in [6.07, 6.45) is -0.472. The molecule has 0 saturated carbocycles. The number of carboxylic acid groups (broad SMARTS) is 1. The standard InChI is InChI=1S/C6H12N2O4/c1-6(12,2-3(7)9)4(8)5(10)11/h4,12H,2,8H2,1H3,(H2,7,9)(H,10,11)/t4-,6?/m1/s1. The van der Waals surface area contributed by atoms with Gasteiger partial charge in [0.05, 0.1) is 12.0 Å². The minimum absolute atomic E-state index is 0.472. The molecular weight excluding hydrogens is 164 g/mol. The Bertz CT molecular complexity index is 202. The Labute approximate surface area is 69.2 Å². The predicted octanol–water partition coefficient (Wildman–Crippen LogP) is -1.98. The predicted molar refractivity (Wildman–Crippen MR) is 40.0 cm³/mol. The van der Waals surface area contributed by atoms with Crippen molar-refractivity contribution in [3.63, 3.8) is 0 Å². The van der Waals surface area contributed by atoms with Crippen LogP contribution < -0.4 is 11.5 Å². The van der Waals surface area contributed by atoms with Crippen molar-refractivity contribution < 1.29 is 19.8 Å². The molecule has 0 rings (SSSR count). The molecule has 0 fully saturated rings. The molecule has 0 aromatic heterocycles. The van der Waals surface area contributed by atoms with Gasteiger partial charge in [0.15, 0.2) is 0 Å². The zero-order chi connectivity index (χ0) is 9.94. The van der Waals surface area contributed by atoms with Crippen LogP contribution in [0.25, 0.3) is 0 Å². The van der Waals surface area contributed by atoms with Gasteiger partial charge in [-0.05, 0) is 6.92 Å². The number of carbonyl (C=O) groups excluding carboxylic acids is 1. The molecule has 0 radical (unpaired) electrons. The second-order valence-electron chi connectivity index (χ2n) is 2.82. The zero-order valence-corrected chi connectivity index (χ0v) is 6.65. The van der Waals surface area contributed by atoms with Crippen molar-refractivity contribution in [2.24, 2.45) is 11.5 Å². The van der Waals surface area contributed by atoms with Crippen LogP contribution in [0, 0.1) is 0 Å². The van der Waals surface area contributed by atoms with Gasteiger partial charge in [0.25, 0.3) is 0 Å². The first-order chi connectivity index (χ1) is 5.27. The third-order valence-corrected chi connectivity index (χ3v) is 1.47. The van der Waals surface area contributed by atoms with Gasteiger partial charge in [0, 0.05) is 0 Å². The first-order valence-corrected chi connectivity index (χ1v) is 3.26. The Hall–Kier alpha value is -1.14. The van der Waals surface area contributed by atoms with Crippen molar-refractivity contribution in [3.05, 3.63) is 0 Å². The van der Waals surface area contributed by atoms with Gasteiger partial charge in [-0.1, -0.05) is 0 Å². The number of rotatable bonds is 4. The lowest BCUT2D eigenvalue weighted by molar-refractivity contribution is -0.145. The normalized spacial score (nSPS) is 17.9. The fourth-order valence-electron chi connectivity index (χ4n) is 0.729. The first kappa shape index (κ1) is 10.9. The summed E-state index contributed by atoms with van der Waals surface area (Å²) in [5.41, 5.74) is 8.06. The molecule has 0 heterocycles. The van der Waals surface area contributed by atoms with Gasteiger partial charge in [-0.3, -0.25) is 9.59 Å². The summed E-state index contributed by atoms with van der Waals surface area (Å²) in [5, 5.41) is 17.7. The van der Waals surface area contributed by atoms with Crippen LogP contribution in [0.1, 0.15) is 13.3 Å². The van der Waals surface area contributed by atoms with Crippen LogP contribution in [0.3, 0.4) is 0 Å². The van der Waals surface area contributed by atoms with E-state index in [-0.39, 0.29) is 0 Å². The molecule has 6 N–H and O–H groups in total. The van der Waals surface area contributed by atoms with Crippen LogP contribution in [-0.4, -0.2) is 33.7 Å². The quantitative estimate of drug-likeness (QED) is 0.395. The number of amides is 1. The van der Waals surface area contributed by atoms with E-state index in [1.165, 1.54) is 0 Å². The molecule has 0 aliphatic heterocycles. The van der Waals surface area contributed by atoms with Gasteiger partial charge in [0.2, 0.25) is 5.91 Å². The van der Waals surface area contributed by atoms with E-state index >= 15 is 0 Å². The summed E-state index contributed by atoms with van der Waals surface area (Å²) in [5.74, 6) is -2.17. The number of nitrogens with two attached hydrogens (primary N) is 2. The molecular formula is C6H12N2O4. The first-order valence-electron chi connectivity index (χ1n) is 3.26. The van der Waals surface area contributed by atoms with Crippen LogP contribution >= 0.6 is 0 Å². The highest BCUT2D eigenvalue weighted by Crippen LogP contribution is 2.12. The Morgan fingerprint density at radius 2 is 2.00 bits per heavy atom. The van der Waals surface area contributed by atoms with Crippen molar-refractivity contribution in [1.82, 2.24) is 0 Å². The van der Waals surface area contributed by atoms with E-state index in [1.807, 2.05) is 0 Å². The molecule has 0 aromatic carbocycles. The highest BCUT2D eigenvalue weighted by molar-refractivity contribution is 5.79. The number of primary amides is 1. The van der Waals surface area contributed by atoms with Crippen molar-refractivity contribution in [1.29, 1.82) is 0 Å². The second-order valence-corrected chi connectivity index (χ2v) is 2.82. The highest BCUT2D eigenvalue weighted by atomic mass is 16.4. The van der Waals surface area contributed by atoms with Crippen molar-refractivity contribution in [2.45, 2.75) is 25.0 Å². The van der Waals surface area contributed by atoms with Crippen molar-refractivity contribution in [2.75, 3.05) is 0 Å². The van der Waals surface area contributed by atoms with Gasteiger partial charge in [0.1, 0.15) is 6.04 Å². The third-order valence-electron chi connectivity index (χ3n) is 1.47. The lowest BCUT2D eigenvalue weighted by Gasteiger charge is -2.25.